The van der Waals surface area contributed by atoms with Crippen LogP contribution in [0.3, 0.4) is 0 Å². The zero-order chi connectivity index (χ0) is 11.9. The van der Waals surface area contributed by atoms with Crippen molar-refractivity contribution < 1.29 is 4.52 Å². The fourth-order valence-corrected chi connectivity index (χ4v) is 2.49. The van der Waals surface area contributed by atoms with Gasteiger partial charge in [-0.3, -0.25) is 4.90 Å². The van der Waals surface area contributed by atoms with E-state index < -0.39 is 0 Å². The number of likely N-dealkylation sites (tertiary alicyclic amines) is 1. The lowest BCUT2D eigenvalue weighted by Crippen LogP contribution is -2.39. The van der Waals surface area contributed by atoms with Crippen molar-refractivity contribution >= 4 is 0 Å². The molecule has 0 saturated carbocycles. The van der Waals surface area contributed by atoms with Gasteiger partial charge in [0.25, 0.3) is 0 Å². The van der Waals surface area contributed by atoms with Gasteiger partial charge in [-0.25, -0.2) is 0 Å². The molecule has 1 unspecified atom stereocenters. The van der Waals surface area contributed by atoms with E-state index in [0.29, 0.717) is 0 Å². The van der Waals surface area contributed by atoms with E-state index in [1.54, 1.807) is 6.20 Å². The van der Waals surface area contributed by atoms with Gasteiger partial charge in [0, 0.05) is 12.6 Å². The number of aromatic nitrogens is 1. The summed E-state index contributed by atoms with van der Waals surface area (Å²) < 4.78 is 5.16. The zero-order valence-corrected chi connectivity index (χ0v) is 10.7. The second-order valence-electron chi connectivity index (χ2n) is 4.93. The van der Waals surface area contributed by atoms with Gasteiger partial charge >= 0.3 is 0 Å². The molecular formula is C13H23N3O. The van der Waals surface area contributed by atoms with E-state index in [1.807, 2.05) is 6.07 Å². The fraction of sp³-hybridized carbons (Fsp3) is 0.769. The van der Waals surface area contributed by atoms with Crippen molar-refractivity contribution in [1.82, 2.24) is 15.4 Å². The molecule has 1 aromatic rings. The van der Waals surface area contributed by atoms with Crippen molar-refractivity contribution in [3.8, 4) is 0 Å². The van der Waals surface area contributed by atoms with Crippen LogP contribution in [-0.2, 0) is 6.54 Å². The molecule has 1 fully saturated rings. The second-order valence-corrected chi connectivity index (χ2v) is 4.93. The van der Waals surface area contributed by atoms with Crippen LogP contribution in [0.1, 0.15) is 31.9 Å². The Morgan fingerprint density at radius 2 is 2.53 bits per heavy atom. The molecule has 1 aromatic heterocycles. The molecule has 2 heterocycles. The van der Waals surface area contributed by atoms with Crippen LogP contribution in [0.4, 0.5) is 0 Å². The van der Waals surface area contributed by atoms with E-state index in [9.17, 15) is 0 Å². The van der Waals surface area contributed by atoms with Crippen LogP contribution < -0.4 is 5.32 Å². The Hall–Kier alpha value is -0.870. The predicted molar refractivity (Wildman–Crippen MR) is 67.7 cm³/mol. The van der Waals surface area contributed by atoms with Crippen molar-refractivity contribution in [2.45, 2.75) is 32.7 Å². The van der Waals surface area contributed by atoms with E-state index in [-0.39, 0.29) is 0 Å². The molecule has 0 amide bonds. The lowest BCUT2D eigenvalue weighted by Gasteiger charge is -2.32. The molecule has 96 valence electrons. The second kappa shape index (κ2) is 6.77. The largest absolute Gasteiger partial charge is 0.360 e. The van der Waals surface area contributed by atoms with E-state index >= 15 is 0 Å². The topological polar surface area (TPSA) is 41.3 Å². The van der Waals surface area contributed by atoms with Crippen LogP contribution in [0.15, 0.2) is 16.8 Å². The van der Waals surface area contributed by atoms with Crippen LogP contribution >= 0.6 is 0 Å². The number of hydrogen-bond donors (Lipinski definition) is 1. The van der Waals surface area contributed by atoms with Gasteiger partial charge < -0.3 is 9.84 Å². The van der Waals surface area contributed by atoms with Gasteiger partial charge in [-0.2, -0.15) is 0 Å². The van der Waals surface area contributed by atoms with Crippen molar-refractivity contribution in [2.24, 2.45) is 5.92 Å². The first-order valence-electron chi connectivity index (χ1n) is 6.71. The first-order valence-corrected chi connectivity index (χ1v) is 6.71. The van der Waals surface area contributed by atoms with Gasteiger partial charge in [-0.1, -0.05) is 12.1 Å². The molecule has 4 nitrogen and oxygen atoms in total. The monoisotopic (exact) mass is 237 g/mol. The Morgan fingerprint density at radius 1 is 1.59 bits per heavy atom. The summed E-state index contributed by atoms with van der Waals surface area (Å²) in [6.45, 7) is 7.77. The molecule has 0 spiro atoms. The highest BCUT2D eigenvalue weighted by Crippen LogP contribution is 2.17. The maximum atomic E-state index is 5.16. The fourth-order valence-electron chi connectivity index (χ4n) is 2.49. The molecule has 1 aliphatic heterocycles. The lowest BCUT2D eigenvalue weighted by molar-refractivity contribution is 0.151. The summed E-state index contributed by atoms with van der Waals surface area (Å²) in [5, 5.41) is 7.28. The van der Waals surface area contributed by atoms with Gasteiger partial charge in [0.2, 0.25) is 0 Å². The van der Waals surface area contributed by atoms with Crippen LogP contribution in [0.2, 0.25) is 0 Å². The van der Waals surface area contributed by atoms with Gasteiger partial charge in [-0.15, -0.1) is 0 Å². The van der Waals surface area contributed by atoms with Crippen molar-refractivity contribution in [2.75, 3.05) is 26.2 Å². The van der Waals surface area contributed by atoms with Gasteiger partial charge in [0.05, 0.1) is 12.7 Å². The normalized spacial score (nSPS) is 21.8. The minimum absolute atomic E-state index is 0.790. The third-order valence-corrected chi connectivity index (χ3v) is 3.33. The Labute approximate surface area is 103 Å². The predicted octanol–water partition coefficient (Wildman–Crippen LogP) is 1.89. The quantitative estimate of drug-likeness (QED) is 0.767. The molecule has 0 aromatic carbocycles. The maximum Gasteiger partial charge on any atom is 0.150 e. The molecule has 0 bridgehead atoms. The van der Waals surface area contributed by atoms with Crippen LogP contribution in [0.5, 0.6) is 0 Å². The third kappa shape index (κ3) is 4.13. The van der Waals surface area contributed by atoms with Gasteiger partial charge in [0.15, 0.2) is 5.76 Å². The van der Waals surface area contributed by atoms with Crippen LogP contribution in [0, 0.1) is 5.92 Å². The summed E-state index contributed by atoms with van der Waals surface area (Å²) in [6, 6.07) is 1.96. The van der Waals surface area contributed by atoms with E-state index in [0.717, 1.165) is 31.3 Å². The summed E-state index contributed by atoms with van der Waals surface area (Å²) >= 11 is 0. The van der Waals surface area contributed by atoms with E-state index in [2.05, 4.69) is 22.3 Å². The maximum absolute atomic E-state index is 5.16. The average molecular weight is 237 g/mol. The van der Waals surface area contributed by atoms with E-state index in [4.69, 9.17) is 4.52 Å². The summed E-state index contributed by atoms with van der Waals surface area (Å²) in [5.41, 5.74) is 0. The van der Waals surface area contributed by atoms with Crippen molar-refractivity contribution in [3.05, 3.63) is 18.0 Å². The van der Waals surface area contributed by atoms with Gasteiger partial charge in [0.1, 0.15) is 0 Å². The van der Waals surface area contributed by atoms with E-state index in [1.165, 1.54) is 32.4 Å². The molecule has 1 N–H and O–H groups in total. The Balaban J connectivity index is 1.72. The number of piperidine rings is 1. The summed E-state index contributed by atoms with van der Waals surface area (Å²) in [5.74, 6) is 1.77. The minimum atomic E-state index is 0.790. The van der Waals surface area contributed by atoms with Gasteiger partial charge in [-0.05, 0) is 44.8 Å². The average Bonchev–Trinajstić information content (AvgIpc) is 2.83. The highest BCUT2D eigenvalue weighted by molar-refractivity contribution is 4.93. The zero-order valence-electron chi connectivity index (χ0n) is 10.7. The molecule has 0 aliphatic carbocycles. The number of hydrogen-bond acceptors (Lipinski definition) is 4. The molecule has 1 aliphatic rings. The number of rotatable bonds is 6. The van der Waals surface area contributed by atoms with Crippen molar-refractivity contribution in [1.29, 1.82) is 0 Å². The highest BCUT2D eigenvalue weighted by atomic mass is 16.5. The highest BCUT2D eigenvalue weighted by Gasteiger charge is 2.20. The summed E-state index contributed by atoms with van der Waals surface area (Å²) in [7, 11) is 0. The third-order valence-electron chi connectivity index (χ3n) is 3.33. The molecular weight excluding hydrogens is 214 g/mol. The minimum Gasteiger partial charge on any atom is -0.360 e. The molecule has 1 saturated heterocycles. The summed E-state index contributed by atoms with van der Waals surface area (Å²) in [4.78, 5) is 2.47. The smallest absolute Gasteiger partial charge is 0.150 e. The Kier molecular flexibility index (Phi) is 5.01. The molecule has 2 rings (SSSR count). The number of nitrogens with one attached hydrogen (secondary N) is 1. The Morgan fingerprint density at radius 3 is 3.29 bits per heavy atom. The van der Waals surface area contributed by atoms with Crippen LogP contribution in [-0.4, -0.2) is 36.2 Å². The van der Waals surface area contributed by atoms with Crippen LogP contribution in [0.25, 0.3) is 0 Å². The number of nitrogens with zero attached hydrogens (tertiary/aromatic N) is 2. The summed E-state index contributed by atoms with van der Waals surface area (Å²) in [6.07, 6.45) is 5.59. The Bertz CT molecular complexity index is 300. The molecule has 17 heavy (non-hydrogen) atoms. The molecule has 0 radical (unpaired) electrons. The SMILES string of the molecule is CCCNCC1CCCN(Cc2ccno2)C1. The first kappa shape index (κ1) is 12.6. The molecule has 1 atom stereocenters. The van der Waals surface area contributed by atoms with Crippen molar-refractivity contribution in [3.63, 3.8) is 0 Å². The first-order chi connectivity index (χ1) is 8.38. The lowest BCUT2D eigenvalue weighted by atomic mass is 9.98. The molecule has 4 heteroatoms. The standard InChI is InChI=1S/C13H23N3O/c1-2-6-14-9-12-4-3-8-16(10-12)11-13-5-7-15-17-13/h5,7,12,14H,2-4,6,8-11H2,1H3.